The first-order chi connectivity index (χ1) is 15.1. The molecule has 1 amide bonds. The lowest BCUT2D eigenvalue weighted by Gasteiger charge is -2.17. The maximum Gasteiger partial charge on any atom is 0.262 e. The number of hydrogen-bond donors (Lipinski definition) is 0. The third-order valence-corrected chi connectivity index (χ3v) is 6.95. The number of aryl methyl sites for hydroxylation is 2. The third kappa shape index (κ3) is 3.79. The van der Waals surface area contributed by atoms with Gasteiger partial charge in [-0.25, -0.2) is 9.67 Å². The Morgan fingerprint density at radius 3 is 2.84 bits per heavy atom. The summed E-state index contributed by atoms with van der Waals surface area (Å²) in [6.45, 7) is 0.402. The van der Waals surface area contributed by atoms with Crippen LogP contribution >= 0.6 is 11.3 Å². The molecule has 5 rings (SSSR count). The van der Waals surface area contributed by atoms with Crippen LogP contribution in [0.2, 0.25) is 0 Å². The van der Waals surface area contributed by atoms with Crippen LogP contribution in [0.5, 0.6) is 0 Å². The molecule has 0 fully saturated rings. The summed E-state index contributed by atoms with van der Waals surface area (Å²) in [5, 5.41) is 5.09. The van der Waals surface area contributed by atoms with Gasteiger partial charge >= 0.3 is 0 Å². The van der Waals surface area contributed by atoms with Crippen molar-refractivity contribution in [1.29, 1.82) is 0 Å². The number of aromatic nitrogens is 4. The molecule has 4 aromatic rings. The quantitative estimate of drug-likeness (QED) is 0.485. The van der Waals surface area contributed by atoms with Crippen molar-refractivity contribution in [2.24, 2.45) is 0 Å². The van der Waals surface area contributed by atoms with Gasteiger partial charge in [0.05, 0.1) is 23.6 Å². The van der Waals surface area contributed by atoms with Crippen molar-refractivity contribution in [3.05, 3.63) is 75.4 Å². The standard InChI is InChI=1S/C23H23N5O2S/c1-26(12-16-11-25-28(13-16)17-7-3-2-4-8-17)20(29)14-27-15-24-22-21(23(27)30)18-9-5-6-10-19(18)31-22/h2-4,7-8,11,13,15H,5-6,9-10,12,14H2,1H3. The minimum absolute atomic E-state index is 0.0181. The largest absolute Gasteiger partial charge is 0.340 e. The molecule has 0 spiro atoms. The topological polar surface area (TPSA) is 73.0 Å². The lowest BCUT2D eigenvalue weighted by molar-refractivity contribution is -0.131. The summed E-state index contributed by atoms with van der Waals surface area (Å²) in [5.74, 6) is -0.139. The molecule has 1 aliphatic rings. The molecule has 1 aliphatic carbocycles. The van der Waals surface area contributed by atoms with Crippen LogP contribution in [0, 0.1) is 0 Å². The van der Waals surface area contributed by atoms with Gasteiger partial charge in [0.1, 0.15) is 11.4 Å². The second-order valence-corrected chi connectivity index (χ2v) is 9.03. The zero-order valence-corrected chi connectivity index (χ0v) is 18.1. The first-order valence-electron chi connectivity index (χ1n) is 10.4. The number of para-hydroxylation sites is 1. The van der Waals surface area contributed by atoms with E-state index in [0.29, 0.717) is 11.9 Å². The molecule has 0 N–H and O–H groups in total. The molecule has 8 heteroatoms. The van der Waals surface area contributed by atoms with Gasteiger partial charge in [0.15, 0.2) is 0 Å². The molecular weight excluding hydrogens is 410 g/mol. The molecule has 0 bridgehead atoms. The van der Waals surface area contributed by atoms with Crippen LogP contribution in [-0.4, -0.2) is 37.2 Å². The number of carbonyl (C=O) groups excluding carboxylic acids is 1. The minimum atomic E-state index is -0.139. The van der Waals surface area contributed by atoms with E-state index in [1.54, 1.807) is 34.2 Å². The summed E-state index contributed by atoms with van der Waals surface area (Å²) in [7, 11) is 1.74. The zero-order chi connectivity index (χ0) is 21.4. The Balaban J connectivity index is 1.32. The van der Waals surface area contributed by atoms with Crippen molar-refractivity contribution in [3.63, 3.8) is 0 Å². The zero-order valence-electron chi connectivity index (χ0n) is 17.3. The van der Waals surface area contributed by atoms with Gasteiger partial charge in [-0.3, -0.25) is 14.2 Å². The van der Waals surface area contributed by atoms with Gasteiger partial charge < -0.3 is 4.90 Å². The van der Waals surface area contributed by atoms with E-state index in [9.17, 15) is 9.59 Å². The van der Waals surface area contributed by atoms with E-state index < -0.39 is 0 Å². The number of rotatable bonds is 5. The molecule has 0 saturated heterocycles. The number of nitrogens with zero attached hydrogens (tertiary/aromatic N) is 5. The predicted octanol–water partition coefficient (Wildman–Crippen LogP) is 3.18. The molecule has 0 saturated carbocycles. The van der Waals surface area contributed by atoms with Gasteiger partial charge in [-0.2, -0.15) is 5.10 Å². The molecule has 158 valence electrons. The normalized spacial score (nSPS) is 13.3. The Hall–Kier alpha value is -3.26. The molecule has 0 unspecified atom stereocenters. The fourth-order valence-corrected chi connectivity index (χ4v) is 5.31. The van der Waals surface area contributed by atoms with E-state index in [1.165, 1.54) is 15.8 Å². The van der Waals surface area contributed by atoms with Crippen LogP contribution in [0.1, 0.15) is 28.8 Å². The summed E-state index contributed by atoms with van der Waals surface area (Å²) in [6, 6.07) is 9.83. The predicted molar refractivity (Wildman–Crippen MR) is 121 cm³/mol. The highest BCUT2D eigenvalue weighted by atomic mass is 32.1. The van der Waals surface area contributed by atoms with Crippen molar-refractivity contribution >= 4 is 27.5 Å². The van der Waals surface area contributed by atoms with Gasteiger partial charge in [0.25, 0.3) is 5.56 Å². The van der Waals surface area contributed by atoms with Gasteiger partial charge in [0.2, 0.25) is 5.91 Å². The van der Waals surface area contributed by atoms with Crippen LogP contribution in [0.25, 0.3) is 15.9 Å². The van der Waals surface area contributed by atoms with E-state index in [0.717, 1.165) is 47.3 Å². The number of hydrogen-bond acceptors (Lipinski definition) is 5. The van der Waals surface area contributed by atoms with Gasteiger partial charge in [-0.1, -0.05) is 18.2 Å². The second-order valence-electron chi connectivity index (χ2n) is 7.95. The summed E-state index contributed by atoms with van der Waals surface area (Å²) in [6.07, 6.45) is 9.39. The van der Waals surface area contributed by atoms with Crippen molar-refractivity contribution in [2.45, 2.75) is 38.8 Å². The fraction of sp³-hybridized carbons (Fsp3) is 0.304. The summed E-state index contributed by atoms with van der Waals surface area (Å²) >= 11 is 1.62. The molecule has 7 nitrogen and oxygen atoms in total. The highest BCUT2D eigenvalue weighted by Crippen LogP contribution is 2.33. The Bertz CT molecular complexity index is 1300. The minimum Gasteiger partial charge on any atom is -0.340 e. The Labute approximate surface area is 183 Å². The first kappa shape index (κ1) is 19.7. The molecular formula is C23H23N5O2S. The average molecular weight is 434 g/mol. The Kier molecular flexibility index (Phi) is 5.15. The van der Waals surface area contributed by atoms with Crippen molar-refractivity contribution in [2.75, 3.05) is 7.05 Å². The number of fused-ring (bicyclic) bond motifs is 3. The molecule has 0 aliphatic heterocycles. The van der Waals surface area contributed by atoms with Crippen LogP contribution in [-0.2, 0) is 30.7 Å². The molecule has 3 heterocycles. The number of thiophene rings is 1. The van der Waals surface area contributed by atoms with Crippen LogP contribution < -0.4 is 5.56 Å². The van der Waals surface area contributed by atoms with E-state index in [2.05, 4.69) is 10.1 Å². The number of likely N-dealkylation sites (N-methyl/N-ethyl adjacent to an activating group) is 1. The first-order valence-corrected chi connectivity index (χ1v) is 11.2. The fourth-order valence-electron chi connectivity index (χ4n) is 4.09. The van der Waals surface area contributed by atoms with E-state index in [-0.39, 0.29) is 18.0 Å². The van der Waals surface area contributed by atoms with Crippen LogP contribution in [0.15, 0.2) is 53.8 Å². The van der Waals surface area contributed by atoms with E-state index in [1.807, 2.05) is 36.5 Å². The highest BCUT2D eigenvalue weighted by molar-refractivity contribution is 7.18. The lowest BCUT2D eigenvalue weighted by atomic mass is 9.97. The molecule has 0 radical (unpaired) electrons. The van der Waals surface area contributed by atoms with E-state index in [4.69, 9.17) is 0 Å². The van der Waals surface area contributed by atoms with Crippen LogP contribution in [0.4, 0.5) is 0 Å². The molecule has 31 heavy (non-hydrogen) atoms. The number of amides is 1. The summed E-state index contributed by atoms with van der Waals surface area (Å²) < 4.78 is 3.23. The molecule has 3 aromatic heterocycles. The summed E-state index contributed by atoms with van der Waals surface area (Å²) in [4.78, 5) is 34.1. The van der Waals surface area contributed by atoms with Crippen molar-refractivity contribution in [3.8, 4) is 5.69 Å². The highest BCUT2D eigenvalue weighted by Gasteiger charge is 2.21. The maximum absolute atomic E-state index is 13.1. The maximum atomic E-state index is 13.1. The second kappa shape index (κ2) is 8.11. The van der Waals surface area contributed by atoms with Crippen molar-refractivity contribution in [1.82, 2.24) is 24.2 Å². The molecule has 1 aromatic carbocycles. The molecule has 0 atom stereocenters. The number of carbonyl (C=O) groups is 1. The SMILES string of the molecule is CN(Cc1cnn(-c2ccccc2)c1)C(=O)Cn1cnc2sc3c(c2c1=O)CCCC3. The van der Waals surface area contributed by atoms with Crippen molar-refractivity contribution < 1.29 is 4.79 Å². The average Bonchev–Trinajstić information content (AvgIpc) is 3.41. The monoisotopic (exact) mass is 433 g/mol. The smallest absolute Gasteiger partial charge is 0.262 e. The lowest BCUT2D eigenvalue weighted by Crippen LogP contribution is -2.33. The Morgan fingerprint density at radius 1 is 1.19 bits per heavy atom. The number of benzene rings is 1. The third-order valence-electron chi connectivity index (χ3n) is 5.75. The van der Waals surface area contributed by atoms with Gasteiger partial charge in [0, 0.05) is 30.2 Å². The van der Waals surface area contributed by atoms with Gasteiger partial charge in [-0.15, -0.1) is 11.3 Å². The van der Waals surface area contributed by atoms with Crippen LogP contribution in [0.3, 0.4) is 0 Å². The summed E-state index contributed by atoms with van der Waals surface area (Å²) in [5.41, 5.74) is 2.93. The van der Waals surface area contributed by atoms with Gasteiger partial charge in [-0.05, 0) is 43.4 Å². The Morgan fingerprint density at radius 2 is 2.00 bits per heavy atom. The van der Waals surface area contributed by atoms with E-state index >= 15 is 0 Å².